The molecule has 0 aliphatic carbocycles. The van der Waals surface area contributed by atoms with Gasteiger partial charge in [0.1, 0.15) is 0 Å². The first kappa shape index (κ1) is 15.9. The van der Waals surface area contributed by atoms with Crippen LogP contribution in [-0.2, 0) is 32.8 Å². The van der Waals surface area contributed by atoms with Gasteiger partial charge in [0, 0.05) is 32.8 Å². The first-order chi connectivity index (χ1) is 2.00. The number of hydrogen-bond acceptors (Lipinski definition) is 4. The van der Waals surface area contributed by atoms with E-state index >= 15 is 0 Å². The van der Waals surface area contributed by atoms with E-state index in [1.54, 1.807) is 0 Å². The van der Waals surface area contributed by atoms with Crippen molar-refractivity contribution in [2.24, 2.45) is 0 Å². The van der Waals surface area contributed by atoms with Crippen LogP contribution in [0.5, 0.6) is 0 Å². The van der Waals surface area contributed by atoms with E-state index in [0.29, 0.717) is 0 Å². The van der Waals surface area contributed by atoms with E-state index < -0.39 is 10.4 Å². The molecule has 0 saturated carbocycles. The molecule has 0 N–H and O–H groups in total. The van der Waals surface area contributed by atoms with Gasteiger partial charge in [-0.05, 0) is 0 Å². The third-order valence-electron chi connectivity index (χ3n) is 0. The van der Waals surface area contributed by atoms with Crippen LogP contribution in [0.25, 0.3) is 0 Å². The second-order valence-electron chi connectivity index (χ2n) is 0.408. The minimum Gasteiger partial charge on any atom is -0.759 e. The Kier molecular flexibility index (Phi) is 13.7. The Balaban J connectivity index is -0.0000000800. The van der Waals surface area contributed by atoms with Crippen molar-refractivity contribution >= 4 is 48.1 Å². The smallest absolute Gasteiger partial charge is 0.759 e. The molecule has 0 heterocycles. The molecule has 7 heavy (non-hydrogen) atoms. The van der Waals surface area contributed by atoms with Gasteiger partial charge in [0.2, 0.25) is 0 Å². The van der Waals surface area contributed by atoms with Crippen LogP contribution in [0.15, 0.2) is 0 Å². The summed E-state index contributed by atoms with van der Waals surface area (Å²) in [6.45, 7) is 0. The molecule has 0 unspecified atom stereocenters. The second-order valence-corrected chi connectivity index (χ2v) is 1.22. The molecule has 0 aromatic carbocycles. The fraction of sp³-hybridized carbons (Fsp3) is 0. The third kappa shape index (κ3) is 77.5. The summed E-state index contributed by atoms with van der Waals surface area (Å²) >= 11 is 0. The summed E-state index contributed by atoms with van der Waals surface area (Å²) in [4.78, 5) is 0. The van der Waals surface area contributed by atoms with E-state index in [-0.39, 0.29) is 60.1 Å². The Morgan fingerprint density at radius 3 is 1.14 bits per heavy atom. The predicted octanol–water partition coefficient (Wildman–Crippen LogP) is -1.72. The molecule has 0 aromatic heterocycles. The van der Waals surface area contributed by atoms with Crippen molar-refractivity contribution in [3.8, 4) is 0 Å². The van der Waals surface area contributed by atoms with Crippen LogP contribution in [0.3, 0.4) is 0 Å². The van der Waals surface area contributed by atoms with Gasteiger partial charge in [-0.1, -0.05) is 0 Å². The molecular formula is AgCaO4S. The van der Waals surface area contributed by atoms with Gasteiger partial charge < -0.3 is 9.11 Å². The molecule has 43 valence electrons. The van der Waals surface area contributed by atoms with Gasteiger partial charge in [-0.25, -0.2) is 0 Å². The zero-order valence-corrected chi connectivity index (χ0v) is 7.56. The standard InChI is InChI=1S/Ag.Ca.H2O4S/c;;1-5(2,3)4/h;;(H2,1,2,3,4)/q;+2;/p-2. The summed E-state index contributed by atoms with van der Waals surface area (Å²) in [5.41, 5.74) is 0. The minimum atomic E-state index is -5.17. The Bertz CT molecular complexity index is 94.9. The van der Waals surface area contributed by atoms with Gasteiger partial charge in [0.25, 0.3) is 0 Å². The molecule has 0 bridgehead atoms. The molecule has 0 spiro atoms. The Hall–Kier alpha value is 1.87. The van der Waals surface area contributed by atoms with Crippen molar-refractivity contribution in [1.82, 2.24) is 0 Å². The van der Waals surface area contributed by atoms with E-state index in [9.17, 15) is 0 Å². The van der Waals surface area contributed by atoms with Crippen molar-refractivity contribution in [3.63, 3.8) is 0 Å². The summed E-state index contributed by atoms with van der Waals surface area (Å²) in [6.07, 6.45) is 0. The summed E-state index contributed by atoms with van der Waals surface area (Å²) in [5.74, 6) is 0. The average molecular weight is 244 g/mol. The van der Waals surface area contributed by atoms with E-state index in [1.807, 2.05) is 0 Å². The van der Waals surface area contributed by atoms with Gasteiger partial charge in [-0.3, -0.25) is 8.42 Å². The van der Waals surface area contributed by atoms with Crippen LogP contribution >= 0.6 is 0 Å². The summed E-state index contributed by atoms with van der Waals surface area (Å²) in [6, 6.07) is 0. The maximum Gasteiger partial charge on any atom is 2.00 e. The van der Waals surface area contributed by atoms with Crippen molar-refractivity contribution in [1.29, 1.82) is 0 Å². The molecule has 0 aromatic rings. The average Bonchev–Trinajstić information content (AvgIpc) is 0.722. The summed E-state index contributed by atoms with van der Waals surface area (Å²) in [5, 5.41) is 0. The summed E-state index contributed by atoms with van der Waals surface area (Å²) in [7, 11) is -5.17. The molecule has 0 fully saturated rings. The Labute approximate surface area is 86.8 Å². The van der Waals surface area contributed by atoms with Crippen molar-refractivity contribution in [2.45, 2.75) is 0 Å². The molecule has 0 atom stereocenters. The second kappa shape index (κ2) is 6.00. The molecule has 0 aliphatic heterocycles. The van der Waals surface area contributed by atoms with E-state index in [2.05, 4.69) is 0 Å². The largest absolute Gasteiger partial charge is 2.00 e. The fourth-order valence-electron chi connectivity index (χ4n) is 0. The number of hydrogen-bond donors (Lipinski definition) is 0. The van der Waals surface area contributed by atoms with Crippen LogP contribution in [0.4, 0.5) is 0 Å². The predicted molar refractivity (Wildman–Crippen MR) is 16.2 cm³/mol. The van der Waals surface area contributed by atoms with Crippen LogP contribution < -0.4 is 0 Å². The Morgan fingerprint density at radius 1 is 1.14 bits per heavy atom. The van der Waals surface area contributed by atoms with Gasteiger partial charge in [0.15, 0.2) is 0 Å². The quantitative estimate of drug-likeness (QED) is 0.288. The van der Waals surface area contributed by atoms with E-state index in [4.69, 9.17) is 17.5 Å². The zero-order valence-electron chi connectivity index (χ0n) is 3.05. The van der Waals surface area contributed by atoms with Gasteiger partial charge in [-0.2, -0.15) is 0 Å². The van der Waals surface area contributed by atoms with Crippen LogP contribution in [0.2, 0.25) is 0 Å². The maximum atomic E-state index is 8.52. The SMILES string of the molecule is O=S(=O)([O-])[O-].[Ag].[Ca+2]. The Morgan fingerprint density at radius 2 is 1.14 bits per heavy atom. The van der Waals surface area contributed by atoms with Gasteiger partial charge >= 0.3 is 37.7 Å². The monoisotopic (exact) mass is 243 g/mol. The van der Waals surface area contributed by atoms with Crippen LogP contribution in [-0.4, -0.2) is 55.3 Å². The summed E-state index contributed by atoms with van der Waals surface area (Å²) < 4.78 is 34.1. The first-order valence-corrected chi connectivity index (χ1v) is 2.00. The molecule has 0 saturated heterocycles. The topological polar surface area (TPSA) is 80.3 Å². The van der Waals surface area contributed by atoms with Crippen molar-refractivity contribution in [2.75, 3.05) is 0 Å². The van der Waals surface area contributed by atoms with Crippen LogP contribution in [0, 0.1) is 0 Å². The van der Waals surface area contributed by atoms with Crippen LogP contribution in [0.1, 0.15) is 0 Å². The molecule has 1 radical (unpaired) electrons. The minimum absolute atomic E-state index is 0. The maximum absolute atomic E-state index is 8.52. The molecule has 0 rings (SSSR count). The fourth-order valence-corrected chi connectivity index (χ4v) is 0. The zero-order chi connectivity index (χ0) is 4.50. The first-order valence-electron chi connectivity index (χ1n) is 0.667. The van der Waals surface area contributed by atoms with Gasteiger partial charge in [-0.15, -0.1) is 0 Å². The molecule has 4 nitrogen and oxygen atoms in total. The number of rotatable bonds is 0. The third-order valence-corrected chi connectivity index (χ3v) is 0. The molecular weight excluding hydrogens is 244 g/mol. The van der Waals surface area contributed by atoms with E-state index in [0.717, 1.165) is 0 Å². The molecule has 0 aliphatic rings. The van der Waals surface area contributed by atoms with E-state index in [1.165, 1.54) is 0 Å². The van der Waals surface area contributed by atoms with Crippen molar-refractivity contribution < 1.29 is 39.9 Å². The van der Waals surface area contributed by atoms with Gasteiger partial charge in [0.05, 0.1) is 0 Å². The molecule has 7 heteroatoms. The molecule has 0 amide bonds. The van der Waals surface area contributed by atoms with Crippen molar-refractivity contribution in [3.05, 3.63) is 0 Å². The normalized spacial score (nSPS) is 8.29.